The number of halogens is 6. The monoisotopic (exact) mass is 420 g/mol. The fourth-order valence-corrected chi connectivity index (χ4v) is 3.26. The fraction of sp³-hybridized carbons (Fsp3) is 0.647. The Hall–Kier alpha value is -0.200. The van der Waals surface area contributed by atoms with E-state index in [0.717, 1.165) is 45.1 Å². The summed E-state index contributed by atoms with van der Waals surface area (Å²) in [6, 6.07) is 3.93. The Morgan fingerprint density at radius 3 is 2.20 bits per heavy atom. The highest BCUT2D eigenvalue weighted by Gasteiger charge is 2.32. The molecule has 0 aliphatic carbocycles. The standard InChI is InChI=1S/C17H24ClF3N2.2ClH/c1-12(2)3-4-16(23-7-5-22-6-8-23)13-9-14(17(19,20)21)11-15(18)10-13;;/h9-12,16,22H,3-8H2,1-2H3;2*1H/t16-;;/m0../s1. The zero-order chi connectivity index (χ0) is 17.0. The van der Waals surface area contributed by atoms with Gasteiger partial charge in [-0.3, -0.25) is 4.90 Å². The largest absolute Gasteiger partial charge is 0.416 e. The summed E-state index contributed by atoms with van der Waals surface area (Å²) in [7, 11) is 0. The van der Waals surface area contributed by atoms with Gasteiger partial charge in [-0.2, -0.15) is 13.2 Å². The zero-order valence-electron chi connectivity index (χ0n) is 14.4. The Balaban J connectivity index is 0.00000288. The predicted molar refractivity (Wildman–Crippen MR) is 102 cm³/mol. The van der Waals surface area contributed by atoms with Crippen molar-refractivity contribution in [2.24, 2.45) is 5.92 Å². The highest BCUT2D eigenvalue weighted by atomic mass is 35.5. The molecule has 1 aliphatic rings. The lowest BCUT2D eigenvalue weighted by Crippen LogP contribution is -2.45. The maximum atomic E-state index is 13.1. The molecule has 146 valence electrons. The summed E-state index contributed by atoms with van der Waals surface area (Å²) in [5.41, 5.74) is 0.0112. The van der Waals surface area contributed by atoms with Gasteiger partial charge in [-0.15, -0.1) is 24.8 Å². The quantitative estimate of drug-likeness (QED) is 0.667. The van der Waals surface area contributed by atoms with Gasteiger partial charge in [-0.05, 0) is 42.5 Å². The van der Waals surface area contributed by atoms with Gasteiger partial charge in [-0.1, -0.05) is 25.4 Å². The summed E-state index contributed by atoms with van der Waals surface area (Å²) in [6.45, 7) is 7.69. The van der Waals surface area contributed by atoms with Crippen LogP contribution in [0.4, 0.5) is 13.2 Å². The first kappa shape index (κ1) is 24.8. The van der Waals surface area contributed by atoms with Gasteiger partial charge in [0, 0.05) is 37.2 Å². The van der Waals surface area contributed by atoms with Crippen molar-refractivity contribution in [1.82, 2.24) is 10.2 Å². The Labute approximate surface area is 165 Å². The minimum absolute atomic E-state index is 0. The molecule has 0 bridgehead atoms. The number of rotatable bonds is 5. The Kier molecular flexibility index (Phi) is 10.7. The zero-order valence-corrected chi connectivity index (χ0v) is 16.8. The van der Waals surface area contributed by atoms with E-state index in [4.69, 9.17) is 11.6 Å². The second kappa shape index (κ2) is 10.8. The van der Waals surface area contributed by atoms with Crippen LogP contribution < -0.4 is 5.32 Å². The molecule has 0 unspecified atom stereocenters. The molecular weight excluding hydrogens is 396 g/mol. The van der Waals surface area contributed by atoms with Gasteiger partial charge < -0.3 is 5.32 Å². The molecule has 1 aromatic rings. The van der Waals surface area contributed by atoms with Crippen molar-refractivity contribution in [2.75, 3.05) is 26.2 Å². The SMILES string of the molecule is CC(C)CC[C@@H](c1cc(Cl)cc(C(F)(F)F)c1)N1CCNCC1.Cl.Cl. The first-order valence-corrected chi connectivity index (χ1v) is 8.47. The molecule has 1 aromatic carbocycles. The molecule has 2 rings (SSSR count). The van der Waals surface area contributed by atoms with E-state index >= 15 is 0 Å². The Morgan fingerprint density at radius 2 is 1.68 bits per heavy atom. The number of nitrogens with zero attached hydrogens (tertiary/aromatic N) is 1. The summed E-state index contributed by atoms with van der Waals surface area (Å²) in [5, 5.41) is 3.44. The van der Waals surface area contributed by atoms with E-state index in [1.807, 2.05) is 0 Å². The second-order valence-electron chi connectivity index (χ2n) is 6.54. The summed E-state index contributed by atoms with van der Waals surface area (Å²) in [6.07, 6.45) is -2.55. The number of hydrogen-bond acceptors (Lipinski definition) is 2. The van der Waals surface area contributed by atoms with E-state index in [1.54, 1.807) is 6.07 Å². The Morgan fingerprint density at radius 1 is 1.08 bits per heavy atom. The van der Waals surface area contributed by atoms with Gasteiger partial charge >= 0.3 is 6.18 Å². The van der Waals surface area contributed by atoms with Crippen LogP contribution in [0.25, 0.3) is 0 Å². The van der Waals surface area contributed by atoms with Gasteiger partial charge in [0.15, 0.2) is 0 Å². The first-order valence-electron chi connectivity index (χ1n) is 8.10. The third-order valence-electron chi connectivity index (χ3n) is 4.24. The van der Waals surface area contributed by atoms with Crippen molar-refractivity contribution in [3.05, 3.63) is 34.3 Å². The average molecular weight is 422 g/mol. The van der Waals surface area contributed by atoms with E-state index in [9.17, 15) is 13.2 Å². The van der Waals surface area contributed by atoms with Crippen molar-refractivity contribution in [3.63, 3.8) is 0 Å². The molecule has 1 fully saturated rings. The summed E-state index contributed by atoms with van der Waals surface area (Å²) in [4.78, 5) is 2.27. The van der Waals surface area contributed by atoms with Crippen LogP contribution in [0.2, 0.25) is 5.02 Å². The molecule has 1 atom stereocenters. The minimum Gasteiger partial charge on any atom is -0.314 e. The van der Waals surface area contributed by atoms with Crippen LogP contribution in [0.3, 0.4) is 0 Å². The first-order chi connectivity index (χ1) is 10.8. The number of hydrogen-bond donors (Lipinski definition) is 1. The van der Waals surface area contributed by atoms with E-state index in [2.05, 4.69) is 24.1 Å². The normalized spacial score (nSPS) is 16.9. The number of piperazine rings is 1. The predicted octanol–water partition coefficient (Wildman–Crippen LogP) is 5.58. The molecular formula is C17H26Cl3F3N2. The average Bonchev–Trinajstić information content (AvgIpc) is 2.47. The molecule has 1 aliphatic heterocycles. The topological polar surface area (TPSA) is 15.3 Å². The number of alkyl halides is 3. The van der Waals surface area contributed by atoms with Gasteiger partial charge in [-0.25, -0.2) is 0 Å². The number of nitrogens with one attached hydrogen (secondary N) is 1. The summed E-state index contributed by atoms with van der Waals surface area (Å²) < 4.78 is 39.3. The Bertz CT molecular complexity index is 518. The van der Waals surface area contributed by atoms with Crippen molar-refractivity contribution in [3.8, 4) is 0 Å². The molecule has 0 radical (unpaired) electrons. The molecule has 25 heavy (non-hydrogen) atoms. The van der Waals surface area contributed by atoms with Crippen LogP contribution in [-0.4, -0.2) is 31.1 Å². The van der Waals surface area contributed by atoms with Crippen LogP contribution >= 0.6 is 36.4 Å². The van der Waals surface area contributed by atoms with Crippen molar-refractivity contribution < 1.29 is 13.2 Å². The molecule has 0 spiro atoms. The van der Waals surface area contributed by atoms with Gasteiger partial charge in [0.1, 0.15) is 0 Å². The lowest BCUT2D eigenvalue weighted by molar-refractivity contribution is -0.137. The van der Waals surface area contributed by atoms with Crippen molar-refractivity contribution in [1.29, 1.82) is 0 Å². The van der Waals surface area contributed by atoms with Gasteiger partial charge in [0.05, 0.1) is 5.56 Å². The van der Waals surface area contributed by atoms with E-state index < -0.39 is 11.7 Å². The second-order valence-corrected chi connectivity index (χ2v) is 6.98. The molecule has 1 N–H and O–H groups in total. The molecule has 1 saturated heterocycles. The molecule has 2 nitrogen and oxygen atoms in total. The number of benzene rings is 1. The third-order valence-corrected chi connectivity index (χ3v) is 4.46. The minimum atomic E-state index is -4.37. The van der Waals surface area contributed by atoms with Crippen LogP contribution in [0.5, 0.6) is 0 Å². The molecule has 0 saturated carbocycles. The third kappa shape index (κ3) is 7.51. The smallest absolute Gasteiger partial charge is 0.314 e. The van der Waals surface area contributed by atoms with Gasteiger partial charge in [0.2, 0.25) is 0 Å². The van der Waals surface area contributed by atoms with E-state index in [0.29, 0.717) is 11.5 Å². The van der Waals surface area contributed by atoms with Crippen LogP contribution in [0.1, 0.15) is 43.9 Å². The molecule has 1 heterocycles. The highest BCUT2D eigenvalue weighted by molar-refractivity contribution is 6.30. The van der Waals surface area contributed by atoms with Crippen molar-refractivity contribution >= 4 is 36.4 Å². The maximum absolute atomic E-state index is 13.1. The molecule has 8 heteroatoms. The van der Waals surface area contributed by atoms with E-state index in [1.165, 1.54) is 6.07 Å². The van der Waals surface area contributed by atoms with Crippen LogP contribution in [0.15, 0.2) is 18.2 Å². The maximum Gasteiger partial charge on any atom is 0.416 e. The summed E-state index contributed by atoms with van der Waals surface area (Å²) in [5.74, 6) is 0.515. The van der Waals surface area contributed by atoms with Gasteiger partial charge in [0.25, 0.3) is 0 Å². The van der Waals surface area contributed by atoms with Crippen LogP contribution in [-0.2, 0) is 6.18 Å². The fourth-order valence-electron chi connectivity index (χ4n) is 3.01. The summed E-state index contributed by atoms with van der Waals surface area (Å²) >= 11 is 5.97. The molecule has 0 aromatic heterocycles. The lowest BCUT2D eigenvalue weighted by Gasteiger charge is -2.36. The highest BCUT2D eigenvalue weighted by Crippen LogP contribution is 2.36. The lowest BCUT2D eigenvalue weighted by atomic mass is 9.94. The molecule has 0 amide bonds. The van der Waals surface area contributed by atoms with E-state index in [-0.39, 0.29) is 35.9 Å². The van der Waals surface area contributed by atoms with Crippen LogP contribution in [0, 0.1) is 5.92 Å². The van der Waals surface area contributed by atoms with Crippen molar-refractivity contribution in [2.45, 2.75) is 38.9 Å².